The van der Waals surface area contributed by atoms with Crippen LogP contribution in [0.25, 0.3) is 11.6 Å². The average molecular weight is 394 g/mol. The Hall–Kier alpha value is -3.30. The Balaban J connectivity index is 0.000000526. The molecule has 3 aromatic rings. The number of nitrogens with zero attached hydrogens (tertiary/aromatic N) is 2. The van der Waals surface area contributed by atoms with Gasteiger partial charge in [0.25, 0.3) is 0 Å². The van der Waals surface area contributed by atoms with E-state index < -0.39 is 0 Å². The molecule has 0 aliphatic rings. The molecule has 0 amide bonds. The van der Waals surface area contributed by atoms with E-state index in [9.17, 15) is 0 Å². The molecule has 0 saturated heterocycles. The van der Waals surface area contributed by atoms with Crippen molar-refractivity contribution in [2.45, 2.75) is 0 Å². The fourth-order valence-electron chi connectivity index (χ4n) is 2.24. The number of methoxy groups -OCH3 is 1. The molecule has 4 heteroatoms. The molecule has 0 aliphatic carbocycles. The molecule has 0 aliphatic heterocycles. The minimum atomic E-state index is 0. The predicted molar refractivity (Wildman–Crippen MR) is 104 cm³/mol. The fourth-order valence-corrected chi connectivity index (χ4v) is 2.24. The average Bonchev–Trinajstić information content (AvgIpc) is 3.42. The standard InChI is InChI=1S/C18H13N2O.C5H5.Fe/c1-21-17-9-6-14(7-10-17)8-11-18(16(12-19)13-20)15-4-2-3-5-15;1-2-4-5-3-1;/h2-11H,1H3;1-5H;/q2*-1;+2/b11-8+;;. The van der Waals surface area contributed by atoms with Crippen molar-refractivity contribution in [3.63, 3.8) is 0 Å². The molecule has 0 heterocycles. The van der Waals surface area contributed by atoms with Gasteiger partial charge in [0, 0.05) is 0 Å². The summed E-state index contributed by atoms with van der Waals surface area (Å²) >= 11 is 0. The van der Waals surface area contributed by atoms with Gasteiger partial charge in [0.15, 0.2) is 0 Å². The third kappa shape index (κ3) is 6.84. The Labute approximate surface area is 170 Å². The van der Waals surface area contributed by atoms with Gasteiger partial charge in [-0.3, -0.25) is 0 Å². The van der Waals surface area contributed by atoms with E-state index in [0.29, 0.717) is 5.57 Å². The molecule has 0 unspecified atom stereocenters. The van der Waals surface area contributed by atoms with Gasteiger partial charge in [-0.25, -0.2) is 22.7 Å². The zero-order valence-electron chi connectivity index (χ0n) is 14.8. The molecule has 0 fully saturated rings. The summed E-state index contributed by atoms with van der Waals surface area (Å²) in [7, 11) is 1.62. The molecular weight excluding hydrogens is 376 g/mol. The van der Waals surface area contributed by atoms with Crippen LogP contribution in [0.1, 0.15) is 11.1 Å². The summed E-state index contributed by atoms with van der Waals surface area (Å²) in [5, 5.41) is 18.2. The van der Waals surface area contributed by atoms with Crippen molar-refractivity contribution in [1.82, 2.24) is 0 Å². The summed E-state index contributed by atoms with van der Waals surface area (Å²) in [5.74, 6) is 0.786. The van der Waals surface area contributed by atoms with Crippen molar-refractivity contribution >= 4 is 11.6 Å². The topological polar surface area (TPSA) is 56.8 Å². The Morgan fingerprint density at radius 3 is 2.04 bits per heavy atom. The van der Waals surface area contributed by atoms with E-state index in [2.05, 4.69) is 0 Å². The molecule has 3 nitrogen and oxygen atoms in total. The normalized spacial score (nSPS) is 9.15. The molecule has 0 spiro atoms. The van der Waals surface area contributed by atoms with Gasteiger partial charge in [-0.05, 0) is 17.7 Å². The molecule has 0 aromatic heterocycles. The maximum absolute atomic E-state index is 9.08. The summed E-state index contributed by atoms with van der Waals surface area (Å²) < 4.78 is 5.11. The quantitative estimate of drug-likeness (QED) is 0.260. The van der Waals surface area contributed by atoms with Crippen LogP contribution in [-0.2, 0) is 17.1 Å². The Bertz CT molecular complexity index is 887. The second kappa shape index (κ2) is 12.1. The van der Waals surface area contributed by atoms with Crippen LogP contribution in [0.2, 0.25) is 0 Å². The molecule has 0 radical (unpaired) electrons. The Morgan fingerprint density at radius 2 is 1.59 bits per heavy atom. The minimum absolute atomic E-state index is 0. The molecule has 3 aromatic carbocycles. The molecule has 134 valence electrons. The first-order valence-corrected chi connectivity index (χ1v) is 8.04. The van der Waals surface area contributed by atoms with Crippen LogP contribution < -0.4 is 4.74 Å². The zero-order chi connectivity index (χ0) is 18.6. The molecule has 0 bridgehead atoms. The number of hydrogen-bond acceptors (Lipinski definition) is 3. The number of hydrogen-bond donors (Lipinski definition) is 0. The molecule has 3 rings (SSSR count). The van der Waals surface area contributed by atoms with Gasteiger partial charge in [-0.15, -0.1) is 18.2 Å². The van der Waals surface area contributed by atoms with Crippen LogP contribution in [-0.4, -0.2) is 7.11 Å². The molecule has 0 saturated carbocycles. The van der Waals surface area contributed by atoms with Gasteiger partial charge in [-0.2, -0.15) is 30.3 Å². The van der Waals surface area contributed by atoms with Crippen molar-refractivity contribution in [1.29, 1.82) is 10.5 Å². The molecular formula is C23H18FeN2O. The van der Waals surface area contributed by atoms with Gasteiger partial charge in [0.1, 0.15) is 5.75 Å². The second-order valence-corrected chi connectivity index (χ2v) is 5.25. The van der Waals surface area contributed by atoms with Gasteiger partial charge in [0.05, 0.1) is 24.8 Å². The first kappa shape index (κ1) is 21.7. The number of benzene rings is 1. The van der Waals surface area contributed by atoms with Crippen molar-refractivity contribution < 1.29 is 21.8 Å². The van der Waals surface area contributed by atoms with Crippen molar-refractivity contribution in [3.05, 3.63) is 102 Å². The van der Waals surface area contributed by atoms with Gasteiger partial charge >= 0.3 is 17.1 Å². The Morgan fingerprint density at radius 1 is 1.00 bits per heavy atom. The van der Waals surface area contributed by atoms with Crippen molar-refractivity contribution in [2.75, 3.05) is 7.11 Å². The first-order valence-electron chi connectivity index (χ1n) is 8.04. The second-order valence-electron chi connectivity index (χ2n) is 5.25. The van der Waals surface area contributed by atoms with E-state index in [1.165, 1.54) is 0 Å². The smallest absolute Gasteiger partial charge is 0.497 e. The summed E-state index contributed by atoms with van der Waals surface area (Å²) in [6.45, 7) is 0. The van der Waals surface area contributed by atoms with Crippen LogP contribution in [0, 0.1) is 22.7 Å². The predicted octanol–water partition coefficient (Wildman–Crippen LogP) is 5.33. The number of nitriles is 2. The van der Waals surface area contributed by atoms with Gasteiger partial charge < -0.3 is 4.74 Å². The van der Waals surface area contributed by atoms with E-state index in [4.69, 9.17) is 15.3 Å². The van der Waals surface area contributed by atoms with E-state index in [-0.39, 0.29) is 22.6 Å². The van der Waals surface area contributed by atoms with Crippen LogP contribution in [0.5, 0.6) is 5.75 Å². The van der Waals surface area contributed by atoms with Crippen molar-refractivity contribution in [3.8, 4) is 17.9 Å². The monoisotopic (exact) mass is 394 g/mol. The maximum Gasteiger partial charge on any atom is 2.00 e. The molecule has 27 heavy (non-hydrogen) atoms. The molecule has 0 N–H and O–H groups in total. The van der Waals surface area contributed by atoms with Crippen molar-refractivity contribution in [2.24, 2.45) is 0 Å². The van der Waals surface area contributed by atoms with Crippen LogP contribution in [0.3, 0.4) is 0 Å². The summed E-state index contributed by atoms with van der Waals surface area (Å²) in [5.41, 5.74) is 2.56. The van der Waals surface area contributed by atoms with Crippen LogP contribution >= 0.6 is 0 Å². The van der Waals surface area contributed by atoms with E-state index >= 15 is 0 Å². The van der Waals surface area contributed by atoms with Crippen LogP contribution in [0.15, 0.2) is 90.5 Å². The van der Waals surface area contributed by atoms with Gasteiger partial charge in [0.2, 0.25) is 0 Å². The minimum Gasteiger partial charge on any atom is -0.497 e. The summed E-state index contributed by atoms with van der Waals surface area (Å²) in [4.78, 5) is 0. The SMILES string of the molecule is COc1ccc(/C=C/C(=C(C#N)C#N)[c-]2cccc2)cc1.[Fe+2].c1cc[cH-]c1. The summed E-state index contributed by atoms with van der Waals surface area (Å²) in [6.07, 6.45) is 3.66. The number of rotatable bonds is 4. The van der Waals surface area contributed by atoms with E-state index in [1.54, 1.807) is 13.2 Å². The van der Waals surface area contributed by atoms with Crippen LogP contribution in [0.4, 0.5) is 0 Å². The largest absolute Gasteiger partial charge is 2.00 e. The Kier molecular flexibility index (Phi) is 9.76. The van der Waals surface area contributed by atoms with E-state index in [0.717, 1.165) is 16.9 Å². The number of ether oxygens (including phenoxy) is 1. The molecule has 0 atom stereocenters. The first-order chi connectivity index (χ1) is 12.8. The zero-order valence-corrected chi connectivity index (χ0v) is 15.9. The summed E-state index contributed by atoms with van der Waals surface area (Å²) in [6, 6.07) is 28.9. The van der Waals surface area contributed by atoms with E-state index in [1.807, 2.05) is 97.1 Å². The third-order valence-corrected chi connectivity index (χ3v) is 3.58. The van der Waals surface area contributed by atoms with Gasteiger partial charge in [-0.1, -0.05) is 29.3 Å². The third-order valence-electron chi connectivity index (χ3n) is 3.58. The number of allylic oxidation sites excluding steroid dienone is 3. The fraction of sp³-hybridized carbons (Fsp3) is 0.0435. The maximum atomic E-state index is 9.08.